The molecule has 1 aromatic rings. The van der Waals surface area contributed by atoms with E-state index >= 15 is 0 Å². The molecular formula is C10H11BrN2O3S2. The molecule has 0 aliphatic carbocycles. The molecule has 0 saturated carbocycles. The van der Waals surface area contributed by atoms with Gasteiger partial charge in [-0.15, -0.1) is 0 Å². The Morgan fingerprint density at radius 2 is 2.17 bits per heavy atom. The highest BCUT2D eigenvalue weighted by molar-refractivity contribution is 9.10. The van der Waals surface area contributed by atoms with Crippen LogP contribution in [0, 0.1) is 0 Å². The van der Waals surface area contributed by atoms with E-state index in [4.69, 9.17) is 4.74 Å². The Hall–Kier alpha value is -0.120. The van der Waals surface area contributed by atoms with E-state index in [-0.39, 0.29) is 10.3 Å². The number of benzene rings is 1. The van der Waals surface area contributed by atoms with Crippen molar-refractivity contribution in [2.75, 3.05) is 13.2 Å². The molecule has 8 heteroatoms. The van der Waals surface area contributed by atoms with Crippen molar-refractivity contribution in [3.63, 3.8) is 0 Å². The molecule has 2 heterocycles. The fourth-order valence-corrected chi connectivity index (χ4v) is 4.66. The number of rotatable bonds is 3. The fourth-order valence-electron chi connectivity index (χ4n) is 1.79. The van der Waals surface area contributed by atoms with E-state index in [2.05, 4.69) is 26.0 Å². The number of halogens is 1. The van der Waals surface area contributed by atoms with Gasteiger partial charge in [-0.3, -0.25) is 5.32 Å². The number of morpholine rings is 1. The van der Waals surface area contributed by atoms with Crippen molar-refractivity contribution in [2.24, 2.45) is 0 Å². The van der Waals surface area contributed by atoms with Crippen LogP contribution < -0.4 is 10.0 Å². The lowest BCUT2D eigenvalue weighted by atomic mass is 10.4. The molecule has 1 aromatic carbocycles. The summed E-state index contributed by atoms with van der Waals surface area (Å²) in [6, 6.07) is 6.51. The summed E-state index contributed by atoms with van der Waals surface area (Å²) in [7, 11) is -3.55. The fraction of sp³-hybridized carbons (Fsp3) is 0.400. The first-order valence-corrected chi connectivity index (χ1v) is 8.52. The summed E-state index contributed by atoms with van der Waals surface area (Å²) < 4.78 is 33.4. The second-order valence-corrected chi connectivity index (χ2v) is 7.94. The van der Waals surface area contributed by atoms with Crippen LogP contribution in [0.1, 0.15) is 0 Å². The highest BCUT2D eigenvalue weighted by atomic mass is 79.9. The van der Waals surface area contributed by atoms with Crippen LogP contribution in [0.25, 0.3) is 0 Å². The largest absolute Gasteiger partial charge is 0.347 e. The van der Waals surface area contributed by atoms with Gasteiger partial charge >= 0.3 is 0 Å². The van der Waals surface area contributed by atoms with Gasteiger partial charge in [-0.1, -0.05) is 27.7 Å². The van der Waals surface area contributed by atoms with E-state index in [0.29, 0.717) is 6.61 Å². The number of hydrogen-bond donors (Lipinski definition) is 2. The SMILES string of the molecule is O=S(=O)(NC12OCCNC1S2)c1ccc(Br)cc1. The van der Waals surface area contributed by atoms with Crippen LogP contribution in [-0.2, 0) is 14.8 Å². The second-order valence-electron chi connectivity index (χ2n) is 4.03. The van der Waals surface area contributed by atoms with Crippen LogP contribution in [0.2, 0.25) is 0 Å². The minimum atomic E-state index is -3.55. The van der Waals surface area contributed by atoms with E-state index in [0.717, 1.165) is 11.0 Å². The molecule has 0 radical (unpaired) electrons. The number of fused-ring (bicyclic) bond motifs is 1. The van der Waals surface area contributed by atoms with E-state index in [1.54, 1.807) is 24.3 Å². The van der Waals surface area contributed by atoms with Crippen molar-refractivity contribution in [3.05, 3.63) is 28.7 Å². The van der Waals surface area contributed by atoms with Crippen LogP contribution in [0.3, 0.4) is 0 Å². The molecule has 2 aliphatic rings. The van der Waals surface area contributed by atoms with Crippen molar-refractivity contribution >= 4 is 37.7 Å². The van der Waals surface area contributed by atoms with Gasteiger partial charge in [0.1, 0.15) is 5.37 Å². The average molecular weight is 351 g/mol. The minimum Gasteiger partial charge on any atom is -0.347 e. The number of ether oxygens (including phenoxy) is 1. The number of sulfonamides is 1. The first kappa shape index (κ1) is 12.9. The first-order valence-electron chi connectivity index (χ1n) is 5.37. The Bertz CT molecular complexity index is 563. The molecule has 0 bridgehead atoms. The maximum atomic E-state index is 12.2. The lowest BCUT2D eigenvalue weighted by Gasteiger charge is -2.22. The molecule has 98 valence electrons. The Labute approximate surface area is 118 Å². The van der Waals surface area contributed by atoms with Gasteiger partial charge < -0.3 is 4.74 Å². The van der Waals surface area contributed by atoms with Gasteiger partial charge in [0.2, 0.25) is 15.1 Å². The lowest BCUT2D eigenvalue weighted by molar-refractivity contribution is 0.0151. The maximum absolute atomic E-state index is 12.2. The van der Waals surface area contributed by atoms with Crippen molar-refractivity contribution in [1.29, 1.82) is 0 Å². The van der Waals surface area contributed by atoms with Crippen LogP contribution in [0.15, 0.2) is 33.6 Å². The molecule has 18 heavy (non-hydrogen) atoms. The monoisotopic (exact) mass is 350 g/mol. The van der Waals surface area contributed by atoms with Gasteiger partial charge in [0, 0.05) is 11.0 Å². The highest BCUT2D eigenvalue weighted by Gasteiger charge is 2.61. The van der Waals surface area contributed by atoms with Crippen LogP contribution in [0.5, 0.6) is 0 Å². The van der Waals surface area contributed by atoms with Gasteiger partial charge in [0.05, 0.1) is 11.5 Å². The van der Waals surface area contributed by atoms with Crippen molar-refractivity contribution in [1.82, 2.24) is 10.0 Å². The topological polar surface area (TPSA) is 67.4 Å². The third-order valence-corrected chi connectivity index (χ3v) is 6.14. The molecule has 0 spiro atoms. The van der Waals surface area contributed by atoms with Crippen LogP contribution in [-0.4, -0.2) is 32.0 Å². The number of nitrogens with one attached hydrogen (secondary N) is 2. The van der Waals surface area contributed by atoms with Crippen molar-refractivity contribution < 1.29 is 13.2 Å². The Balaban J connectivity index is 1.81. The molecular weight excluding hydrogens is 340 g/mol. The van der Waals surface area contributed by atoms with E-state index in [1.165, 1.54) is 11.8 Å². The molecule has 3 rings (SSSR count). The lowest BCUT2D eigenvalue weighted by Crippen LogP contribution is -2.49. The van der Waals surface area contributed by atoms with Crippen molar-refractivity contribution in [3.8, 4) is 0 Å². The summed E-state index contributed by atoms with van der Waals surface area (Å²) in [6.07, 6.45) is 0. The average Bonchev–Trinajstić information content (AvgIpc) is 3.02. The molecule has 5 nitrogen and oxygen atoms in total. The zero-order chi connectivity index (χ0) is 12.8. The van der Waals surface area contributed by atoms with E-state index in [9.17, 15) is 8.42 Å². The van der Waals surface area contributed by atoms with Crippen LogP contribution in [0.4, 0.5) is 0 Å². The summed E-state index contributed by atoms with van der Waals surface area (Å²) in [5.41, 5.74) is 0. The first-order chi connectivity index (χ1) is 8.52. The second kappa shape index (κ2) is 4.46. The predicted molar refractivity (Wildman–Crippen MR) is 72.5 cm³/mol. The quantitative estimate of drug-likeness (QED) is 0.798. The Kier molecular flexibility index (Phi) is 3.20. The third-order valence-electron chi connectivity index (χ3n) is 2.73. The number of thioether (sulfide) groups is 1. The summed E-state index contributed by atoms with van der Waals surface area (Å²) in [5, 5.41) is 2.38. The predicted octanol–water partition coefficient (Wildman–Crippen LogP) is 1.07. The van der Waals surface area contributed by atoms with Gasteiger partial charge in [-0.05, 0) is 24.3 Å². The minimum absolute atomic E-state index is 0.0106. The number of hydrogen-bond acceptors (Lipinski definition) is 5. The Morgan fingerprint density at radius 1 is 1.44 bits per heavy atom. The van der Waals surface area contributed by atoms with Gasteiger partial charge in [0.15, 0.2) is 0 Å². The summed E-state index contributed by atoms with van der Waals surface area (Å²) in [5.74, 6) is 0. The zero-order valence-electron chi connectivity index (χ0n) is 9.22. The normalized spacial score (nSPS) is 30.8. The van der Waals surface area contributed by atoms with Gasteiger partial charge in [-0.25, -0.2) is 8.42 Å². The van der Waals surface area contributed by atoms with E-state index in [1.807, 2.05) is 0 Å². The molecule has 2 saturated heterocycles. The van der Waals surface area contributed by atoms with Gasteiger partial charge in [-0.2, -0.15) is 4.72 Å². The molecule has 2 fully saturated rings. The molecule has 0 aromatic heterocycles. The zero-order valence-corrected chi connectivity index (χ0v) is 12.4. The maximum Gasteiger partial charge on any atom is 0.243 e. The molecule has 2 atom stereocenters. The van der Waals surface area contributed by atoms with Crippen molar-refractivity contribution in [2.45, 2.75) is 15.3 Å². The van der Waals surface area contributed by atoms with E-state index < -0.39 is 15.1 Å². The third kappa shape index (κ3) is 2.33. The van der Waals surface area contributed by atoms with Crippen LogP contribution >= 0.6 is 27.7 Å². The molecule has 2 aliphatic heterocycles. The molecule has 0 amide bonds. The van der Waals surface area contributed by atoms with Gasteiger partial charge in [0.25, 0.3) is 0 Å². The summed E-state index contributed by atoms with van der Waals surface area (Å²) in [4.78, 5) is 0.237. The highest BCUT2D eigenvalue weighted by Crippen LogP contribution is 2.52. The summed E-state index contributed by atoms with van der Waals surface area (Å²) in [6.45, 7) is 1.26. The smallest absolute Gasteiger partial charge is 0.243 e. The molecule has 2 unspecified atom stereocenters. The summed E-state index contributed by atoms with van der Waals surface area (Å²) >= 11 is 4.71. The Morgan fingerprint density at radius 3 is 2.83 bits per heavy atom. The molecule has 2 N–H and O–H groups in total. The standard InChI is InChI=1S/C10H11BrN2O3S2/c11-7-1-3-8(4-2-7)18(14,15)13-10-9(17-10)12-5-6-16-10/h1-4,9,12-13H,5-6H2.